The molecule has 20 heavy (non-hydrogen) atoms. The van der Waals surface area contributed by atoms with E-state index in [1.165, 1.54) is 0 Å². The molecular formula is C13H23ClN4O2. The van der Waals surface area contributed by atoms with E-state index >= 15 is 0 Å². The molecular weight excluding hydrogens is 280 g/mol. The van der Waals surface area contributed by atoms with Crippen molar-refractivity contribution >= 4 is 18.3 Å². The van der Waals surface area contributed by atoms with Gasteiger partial charge in [-0.1, -0.05) is 19.0 Å². The number of carbonyl (C=O) groups is 1. The molecule has 1 aliphatic rings. The Hall–Kier alpha value is -1.14. The van der Waals surface area contributed by atoms with Gasteiger partial charge in [-0.05, 0) is 25.7 Å². The summed E-state index contributed by atoms with van der Waals surface area (Å²) in [6.45, 7) is 5.83. The van der Waals surface area contributed by atoms with Crippen molar-refractivity contribution in [1.82, 2.24) is 15.5 Å². The molecule has 1 fully saturated rings. The fraction of sp³-hybridized carbons (Fsp3) is 0.769. The number of amides is 1. The van der Waals surface area contributed by atoms with Gasteiger partial charge in [0.1, 0.15) is 6.04 Å². The van der Waals surface area contributed by atoms with Crippen molar-refractivity contribution < 1.29 is 9.32 Å². The third kappa shape index (κ3) is 4.45. The molecule has 1 aromatic heterocycles. The highest BCUT2D eigenvalue weighted by atomic mass is 35.5. The fourth-order valence-electron chi connectivity index (χ4n) is 1.92. The number of hydrogen-bond acceptors (Lipinski definition) is 5. The first kappa shape index (κ1) is 16.9. The van der Waals surface area contributed by atoms with Crippen molar-refractivity contribution in [2.24, 2.45) is 11.7 Å². The Kier molecular flexibility index (Phi) is 5.95. The Balaban J connectivity index is 0.00000200. The second kappa shape index (κ2) is 7.04. The lowest BCUT2D eigenvalue weighted by Gasteiger charge is -2.19. The van der Waals surface area contributed by atoms with Crippen LogP contribution >= 0.6 is 12.4 Å². The number of aromatic nitrogens is 2. The van der Waals surface area contributed by atoms with Gasteiger partial charge in [0.25, 0.3) is 0 Å². The van der Waals surface area contributed by atoms with Crippen molar-refractivity contribution in [2.75, 3.05) is 0 Å². The van der Waals surface area contributed by atoms with E-state index in [2.05, 4.69) is 15.5 Å². The van der Waals surface area contributed by atoms with E-state index in [9.17, 15) is 4.79 Å². The maximum absolute atomic E-state index is 11.8. The number of nitrogens with two attached hydrogens (primary N) is 1. The first-order valence-corrected chi connectivity index (χ1v) is 6.85. The Morgan fingerprint density at radius 1 is 1.45 bits per heavy atom. The Morgan fingerprint density at radius 3 is 2.60 bits per heavy atom. The van der Waals surface area contributed by atoms with Crippen LogP contribution in [0.3, 0.4) is 0 Å². The van der Waals surface area contributed by atoms with Gasteiger partial charge in [-0.15, -0.1) is 12.4 Å². The minimum absolute atomic E-state index is 0. The molecule has 0 bridgehead atoms. The Bertz CT molecular complexity index is 443. The van der Waals surface area contributed by atoms with Crippen LogP contribution in [0, 0.1) is 5.92 Å². The first-order valence-electron chi connectivity index (χ1n) is 6.85. The molecule has 1 saturated carbocycles. The average Bonchev–Trinajstić information content (AvgIpc) is 3.04. The predicted molar refractivity (Wildman–Crippen MR) is 77.5 cm³/mol. The molecule has 0 spiro atoms. The summed E-state index contributed by atoms with van der Waals surface area (Å²) in [5.74, 6) is 1.81. The van der Waals surface area contributed by atoms with Gasteiger partial charge < -0.3 is 15.6 Å². The summed E-state index contributed by atoms with van der Waals surface area (Å²) in [4.78, 5) is 16.2. The quantitative estimate of drug-likeness (QED) is 0.837. The monoisotopic (exact) mass is 302 g/mol. The first-order chi connectivity index (χ1) is 8.97. The van der Waals surface area contributed by atoms with Gasteiger partial charge in [-0.2, -0.15) is 4.98 Å². The molecule has 1 aliphatic carbocycles. The molecule has 2 atom stereocenters. The lowest BCUT2D eigenvalue weighted by Crippen LogP contribution is -2.35. The summed E-state index contributed by atoms with van der Waals surface area (Å²) in [6, 6.07) is -0.399. The van der Waals surface area contributed by atoms with Crippen molar-refractivity contribution in [1.29, 1.82) is 0 Å². The number of carbonyl (C=O) groups excluding carboxylic acids is 1. The second-order valence-corrected chi connectivity index (χ2v) is 5.74. The van der Waals surface area contributed by atoms with Gasteiger partial charge in [0, 0.05) is 18.4 Å². The van der Waals surface area contributed by atoms with Crippen LogP contribution in [-0.4, -0.2) is 22.1 Å². The summed E-state index contributed by atoms with van der Waals surface area (Å²) in [7, 11) is 0. The van der Waals surface area contributed by atoms with Gasteiger partial charge in [-0.3, -0.25) is 4.79 Å². The van der Waals surface area contributed by atoms with Crippen LogP contribution in [0.2, 0.25) is 0 Å². The molecule has 2 unspecified atom stereocenters. The van der Waals surface area contributed by atoms with Crippen molar-refractivity contribution in [3.8, 4) is 0 Å². The zero-order chi connectivity index (χ0) is 14.0. The number of nitrogens with zero attached hydrogens (tertiary/aromatic N) is 2. The Labute approximate surface area is 125 Å². The van der Waals surface area contributed by atoms with Crippen LogP contribution in [-0.2, 0) is 4.79 Å². The van der Waals surface area contributed by atoms with Gasteiger partial charge >= 0.3 is 0 Å². The van der Waals surface area contributed by atoms with Crippen LogP contribution in [0.25, 0.3) is 0 Å². The van der Waals surface area contributed by atoms with Crippen molar-refractivity contribution in [3.05, 3.63) is 11.7 Å². The summed E-state index contributed by atoms with van der Waals surface area (Å²) in [6.07, 6.45) is 2.55. The number of hydrogen-bond donors (Lipinski definition) is 2. The van der Waals surface area contributed by atoms with Crippen LogP contribution in [0.15, 0.2) is 4.52 Å². The minimum Gasteiger partial charge on any atom is -0.344 e. The van der Waals surface area contributed by atoms with Crippen molar-refractivity contribution in [3.63, 3.8) is 0 Å². The summed E-state index contributed by atoms with van der Waals surface area (Å²) < 4.78 is 5.29. The van der Waals surface area contributed by atoms with Gasteiger partial charge in [-0.25, -0.2) is 0 Å². The zero-order valence-electron chi connectivity index (χ0n) is 12.1. The molecule has 0 aromatic carbocycles. The number of nitrogens with one attached hydrogen (secondary N) is 1. The normalized spacial score (nSPS) is 17.4. The highest BCUT2D eigenvalue weighted by molar-refractivity contribution is 5.85. The topological polar surface area (TPSA) is 94.0 Å². The van der Waals surface area contributed by atoms with E-state index < -0.39 is 0 Å². The molecule has 7 heteroatoms. The fourth-order valence-corrected chi connectivity index (χ4v) is 1.92. The smallest absolute Gasteiger partial charge is 0.249 e. The predicted octanol–water partition coefficient (Wildman–Crippen LogP) is 1.92. The molecule has 6 nitrogen and oxygen atoms in total. The number of rotatable bonds is 6. The van der Waals surface area contributed by atoms with Crippen molar-refractivity contribution in [2.45, 2.75) is 58.0 Å². The Morgan fingerprint density at radius 2 is 2.10 bits per heavy atom. The minimum atomic E-state index is -0.244. The van der Waals surface area contributed by atoms with Gasteiger partial charge in [0.05, 0.1) is 0 Å². The van der Waals surface area contributed by atoms with Gasteiger partial charge in [0.2, 0.25) is 11.8 Å². The second-order valence-electron chi connectivity index (χ2n) is 5.74. The SMILES string of the molecule is CC(N)CC(=O)NC(c1nc(C2CC2)no1)C(C)C.Cl. The number of halogens is 1. The van der Waals surface area contributed by atoms with Crippen LogP contribution in [0.4, 0.5) is 0 Å². The molecule has 0 saturated heterocycles. The molecule has 2 rings (SSSR count). The maximum Gasteiger partial charge on any atom is 0.249 e. The van der Waals surface area contributed by atoms with E-state index in [1.54, 1.807) is 0 Å². The summed E-state index contributed by atoms with van der Waals surface area (Å²) >= 11 is 0. The van der Waals surface area contributed by atoms with Gasteiger partial charge in [0.15, 0.2) is 5.82 Å². The molecule has 1 amide bonds. The molecule has 0 radical (unpaired) electrons. The largest absolute Gasteiger partial charge is 0.344 e. The highest BCUT2D eigenvalue weighted by Crippen LogP contribution is 2.38. The summed E-state index contributed by atoms with van der Waals surface area (Å²) in [5.41, 5.74) is 5.62. The zero-order valence-corrected chi connectivity index (χ0v) is 12.9. The molecule has 0 aliphatic heterocycles. The molecule has 1 heterocycles. The van der Waals surface area contributed by atoms with E-state index in [4.69, 9.17) is 10.3 Å². The van der Waals surface area contributed by atoms with Crippen LogP contribution < -0.4 is 11.1 Å². The van der Waals surface area contributed by atoms with E-state index in [0.29, 0.717) is 18.2 Å². The standard InChI is InChI=1S/C13H22N4O2.ClH/c1-7(2)11(15-10(18)6-8(3)14)13-16-12(17-19-13)9-4-5-9;/h7-9,11H,4-6,14H2,1-3H3,(H,15,18);1H. The summed E-state index contributed by atoms with van der Waals surface area (Å²) in [5, 5.41) is 6.91. The third-order valence-corrected chi connectivity index (χ3v) is 3.16. The average molecular weight is 303 g/mol. The third-order valence-electron chi connectivity index (χ3n) is 3.16. The van der Waals surface area contributed by atoms with Crippen LogP contribution in [0.1, 0.15) is 63.7 Å². The lowest BCUT2D eigenvalue weighted by atomic mass is 10.0. The highest BCUT2D eigenvalue weighted by Gasteiger charge is 2.31. The molecule has 3 N–H and O–H groups in total. The molecule has 1 aromatic rings. The van der Waals surface area contributed by atoms with Crippen LogP contribution in [0.5, 0.6) is 0 Å². The lowest BCUT2D eigenvalue weighted by molar-refractivity contribution is -0.122. The van der Waals surface area contributed by atoms with E-state index in [1.807, 2.05) is 20.8 Å². The molecule has 114 valence electrons. The van der Waals surface area contributed by atoms with E-state index in [0.717, 1.165) is 18.7 Å². The maximum atomic E-state index is 11.8. The van der Waals surface area contributed by atoms with E-state index in [-0.39, 0.29) is 36.3 Å².